The highest BCUT2D eigenvalue weighted by molar-refractivity contribution is 5.78. The lowest BCUT2D eigenvalue weighted by Crippen LogP contribution is -2.39. The summed E-state index contributed by atoms with van der Waals surface area (Å²) >= 11 is 0. The topological polar surface area (TPSA) is 105 Å². The lowest BCUT2D eigenvalue weighted by Gasteiger charge is -2.26. The molecule has 1 fully saturated rings. The normalized spacial score (nSPS) is 17.8. The quantitative estimate of drug-likeness (QED) is 0.874. The van der Waals surface area contributed by atoms with Crippen molar-refractivity contribution in [1.29, 1.82) is 0 Å². The number of carbonyl (C=O) groups excluding carboxylic acids is 1. The number of hydrogen-bond donors (Lipinski definition) is 1. The number of anilines is 1. The Morgan fingerprint density at radius 2 is 2.12 bits per heavy atom. The average molecular weight is 346 g/mol. The van der Waals surface area contributed by atoms with Gasteiger partial charge in [-0.2, -0.15) is 0 Å². The van der Waals surface area contributed by atoms with Crippen molar-refractivity contribution in [3.63, 3.8) is 0 Å². The number of likely N-dealkylation sites (N-methyl/N-ethyl adjacent to an activating group) is 1. The van der Waals surface area contributed by atoms with Crippen molar-refractivity contribution < 1.29 is 14.6 Å². The first-order chi connectivity index (χ1) is 11.7. The molecule has 0 radical (unpaired) electrons. The van der Waals surface area contributed by atoms with Gasteiger partial charge in [-0.25, -0.2) is 24.7 Å². The minimum atomic E-state index is -0.514. The molecule has 0 bridgehead atoms. The van der Waals surface area contributed by atoms with Crippen LogP contribution in [0.4, 0.5) is 10.7 Å². The maximum atomic E-state index is 12.2. The summed E-state index contributed by atoms with van der Waals surface area (Å²) in [6.07, 6.45) is 3.29. The first-order valence-electron chi connectivity index (χ1n) is 8.12. The number of aromatic hydroxyl groups is 1. The maximum absolute atomic E-state index is 12.2. The monoisotopic (exact) mass is 346 g/mol. The van der Waals surface area contributed by atoms with Crippen molar-refractivity contribution >= 4 is 23.1 Å². The van der Waals surface area contributed by atoms with Gasteiger partial charge in [0.25, 0.3) is 0 Å². The lowest BCUT2D eigenvalue weighted by molar-refractivity contribution is 0.0292. The van der Waals surface area contributed by atoms with E-state index in [9.17, 15) is 9.90 Å². The molecule has 1 aliphatic rings. The number of fused-ring (bicyclic) bond motifs is 1. The van der Waals surface area contributed by atoms with Crippen LogP contribution < -0.4 is 4.90 Å². The Morgan fingerprint density at radius 3 is 2.84 bits per heavy atom. The summed E-state index contributed by atoms with van der Waals surface area (Å²) in [6, 6.07) is 0.0664. The highest BCUT2D eigenvalue weighted by atomic mass is 16.6. The van der Waals surface area contributed by atoms with Gasteiger partial charge < -0.3 is 19.6 Å². The molecule has 0 unspecified atom stereocenters. The Balaban J connectivity index is 1.73. The molecule has 1 N–H and O–H groups in total. The number of nitrogens with zero attached hydrogens (tertiary/aromatic N) is 6. The van der Waals surface area contributed by atoms with Crippen LogP contribution in [0.15, 0.2) is 12.5 Å². The Hall–Kier alpha value is -2.71. The van der Waals surface area contributed by atoms with Gasteiger partial charge in [-0.3, -0.25) is 0 Å². The highest BCUT2D eigenvalue weighted by Crippen LogP contribution is 2.23. The fourth-order valence-corrected chi connectivity index (χ4v) is 2.72. The average Bonchev–Trinajstić information content (AvgIpc) is 3.03. The number of ether oxygens (including phenoxy) is 1. The number of amides is 1. The molecule has 9 nitrogen and oxygen atoms in total. The second-order valence-corrected chi connectivity index (χ2v) is 7.08. The second kappa shape index (κ2) is 6.30. The molecule has 1 saturated heterocycles. The highest BCUT2D eigenvalue weighted by Gasteiger charge is 2.32. The van der Waals surface area contributed by atoms with Crippen molar-refractivity contribution in [2.45, 2.75) is 38.8 Å². The van der Waals surface area contributed by atoms with Gasteiger partial charge >= 0.3 is 6.09 Å². The summed E-state index contributed by atoms with van der Waals surface area (Å²) in [4.78, 5) is 32.2. The van der Waals surface area contributed by atoms with Crippen LogP contribution in [-0.2, 0) is 4.74 Å². The van der Waals surface area contributed by atoms with E-state index in [0.29, 0.717) is 30.1 Å². The molecule has 3 rings (SSSR count). The van der Waals surface area contributed by atoms with Gasteiger partial charge in [0.2, 0.25) is 11.8 Å². The molecule has 0 aromatic carbocycles. The van der Waals surface area contributed by atoms with Gasteiger partial charge in [-0.1, -0.05) is 0 Å². The van der Waals surface area contributed by atoms with Gasteiger partial charge in [0.1, 0.15) is 17.4 Å². The predicted octanol–water partition coefficient (Wildman–Crippen LogP) is 1.57. The van der Waals surface area contributed by atoms with E-state index >= 15 is 0 Å². The zero-order valence-corrected chi connectivity index (χ0v) is 14.8. The molecule has 2 aromatic heterocycles. The summed E-state index contributed by atoms with van der Waals surface area (Å²) in [5, 5.41) is 9.84. The number of rotatable bonds is 2. The van der Waals surface area contributed by atoms with Crippen LogP contribution in [0.3, 0.4) is 0 Å². The molecule has 1 aliphatic heterocycles. The number of hydrogen-bond acceptors (Lipinski definition) is 8. The van der Waals surface area contributed by atoms with Gasteiger partial charge in [0, 0.05) is 20.1 Å². The minimum Gasteiger partial charge on any atom is -0.492 e. The van der Waals surface area contributed by atoms with Gasteiger partial charge in [0.15, 0.2) is 5.52 Å². The molecule has 25 heavy (non-hydrogen) atoms. The third-order valence-corrected chi connectivity index (χ3v) is 4.02. The van der Waals surface area contributed by atoms with E-state index in [4.69, 9.17) is 4.74 Å². The molecule has 1 atom stereocenters. The van der Waals surface area contributed by atoms with Crippen LogP contribution in [0.1, 0.15) is 27.2 Å². The van der Waals surface area contributed by atoms with Gasteiger partial charge in [-0.15, -0.1) is 0 Å². The predicted molar refractivity (Wildman–Crippen MR) is 91.4 cm³/mol. The van der Waals surface area contributed by atoms with Crippen molar-refractivity contribution in [1.82, 2.24) is 24.8 Å². The number of aromatic nitrogens is 4. The van der Waals surface area contributed by atoms with Crippen LogP contribution >= 0.6 is 0 Å². The molecule has 0 spiro atoms. The van der Waals surface area contributed by atoms with E-state index in [1.807, 2.05) is 32.7 Å². The summed E-state index contributed by atoms with van der Waals surface area (Å²) in [5.74, 6) is 0.275. The minimum absolute atomic E-state index is 0.0664. The van der Waals surface area contributed by atoms with Crippen molar-refractivity contribution in [3.8, 4) is 5.88 Å². The zero-order valence-electron chi connectivity index (χ0n) is 14.8. The molecule has 3 heterocycles. The van der Waals surface area contributed by atoms with Gasteiger partial charge in [-0.05, 0) is 27.2 Å². The van der Waals surface area contributed by atoms with Crippen LogP contribution in [0.2, 0.25) is 0 Å². The molecular weight excluding hydrogens is 324 g/mol. The number of likely N-dealkylation sites (tertiary alicyclic amines) is 1. The molecule has 0 aliphatic carbocycles. The Morgan fingerprint density at radius 1 is 1.36 bits per heavy atom. The summed E-state index contributed by atoms with van der Waals surface area (Å²) in [7, 11) is 1.87. The largest absolute Gasteiger partial charge is 0.492 e. The second-order valence-electron chi connectivity index (χ2n) is 7.08. The fraction of sp³-hybridized carbons (Fsp3) is 0.562. The first-order valence-corrected chi connectivity index (χ1v) is 8.12. The molecule has 9 heteroatoms. The summed E-state index contributed by atoms with van der Waals surface area (Å²) in [6.45, 7) is 6.70. The maximum Gasteiger partial charge on any atom is 0.410 e. The van der Waals surface area contributed by atoms with Crippen molar-refractivity contribution in [2.24, 2.45) is 0 Å². The van der Waals surface area contributed by atoms with E-state index < -0.39 is 5.60 Å². The molecule has 2 aromatic rings. The summed E-state index contributed by atoms with van der Waals surface area (Å²) in [5.41, 5.74) is 0.271. The summed E-state index contributed by atoms with van der Waals surface area (Å²) < 4.78 is 5.42. The third kappa shape index (κ3) is 3.70. The van der Waals surface area contributed by atoms with Crippen molar-refractivity contribution in [3.05, 3.63) is 12.5 Å². The van der Waals surface area contributed by atoms with Crippen LogP contribution in [0.5, 0.6) is 5.88 Å². The van der Waals surface area contributed by atoms with E-state index in [1.54, 1.807) is 11.1 Å². The smallest absolute Gasteiger partial charge is 0.410 e. The standard InChI is InChI=1S/C16H22N6O3/c1-16(2,3)25-15(24)22-6-5-10(8-22)21(4)14-17-7-11-12(20-14)13(23)19-9-18-11/h7,9-10H,5-6,8H2,1-4H3,(H,18,19,23)/t10-/m0/s1. The molecule has 1 amide bonds. The lowest BCUT2D eigenvalue weighted by atomic mass is 10.2. The van der Waals surface area contributed by atoms with Crippen LogP contribution in [0, 0.1) is 0 Å². The molecule has 134 valence electrons. The fourth-order valence-electron chi connectivity index (χ4n) is 2.72. The van der Waals surface area contributed by atoms with Crippen LogP contribution in [0.25, 0.3) is 11.0 Å². The van der Waals surface area contributed by atoms with Crippen molar-refractivity contribution in [2.75, 3.05) is 25.0 Å². The first kappa shape index (κ1) is 17.1. The van der Waals surface area contributed by atoms with E-state index in [2.05, 4.69) is 19.9 Å². The number of carbonyl (C=O) groups is 1. The molecular formula is C16H22N6O3. The van der Waals surface area contributed by atoms with Crippen LogP contribution in [-0.4, -0.2) is 67.8 Å². The zero-order chi connectivity index (χ0) is 18.2. The Labute approximate surface area is 145 Å². The molecule has 0 saturated carbocycles. The van der Waals surface area contributed by atoms with E-state index in [1.165, 1.54) is 6.33 Å². The van der Waals surface area contributed by atoms with E-state index in [0.717, 1.165) is 6.42 Å². The Bertz CT molecular complexity index is 791. The van der Waals surface area contributed by atoms with E-state index in [-0.39, 0.29) is 18.0 Å². The SMILES string of the molecule is CN(c1ncc2ncnc(O)c2n1)[C@H]1CCN(C(=O)OC(C)(C)C)C1. The third-order valence-electron chi connectivity index (χ3n) is 4.02. The Kier molecular flexibility index (Phi) is 4.32. The van der Waals surface area contributed by atoms with Gasteiger partial charge in [0.05, 0.1) is 12.2 Å².